The molecule has 0 spiro atoms. The highest BCUT2D eigenvalue weighted by molar-refractivity contribution is 5.83. The molecule has 0 aliphatic carbocycles. The van der Waals surface area contributed by atoms with E-state index in [1.165, 1.54) is 6.92 Å². The number of hydrogen-bond acceptors (Lipinski definition) is 13. The molecule has 0 bridgehead atoms. The molecule has 0 saturated heterocycles. The third kappa shape index (κ3) is 22.3. The van der Waals surface area contributed by atoms with Crippen LogP contribution in [0, 0.1) is 0 Å². The van der Waals surface area contributed by atoms with Crippen molar-refractivity contribution in [2.75, 3.05) is 77.9 Å². The minimum Gasteiger partial charge on any atom is -0.491 e. The molecular weight excluding hydrogens is 939 g/mol. The Hall–Kier alpha value is -6.45. The van der Waals surface area contributed by atoms with Crippen molar-refractivity contribution in [3.63, 3.8) is 0 Å². The maximum atomic E-state index is 12.2. The molecule has 13 heteroatoms. The summed E-state index contributed by atoms with van der Waals surface area (Å²) < 4.78 is 70.7. The number of anilines is 1. The van der Waals surface area contributed by atoms with Crippen LogP contribution in [0.1, 0.15) is 41.0 Å². The number of para-hydroxylation sites is 6. The van der Waals surface area contributed by atoms with Gasteiger partial charge in [0.1, 0.15) is 97.9 Å². The first-order chi connectivity index (χ1) is 36.0. The number of hydrogen-bond donors (Lipinski definition) is 1. The van der Waals surface area contributed by atoms with Gasteiger partial charge in [0.25, 0.3) is 0 Å². The summed E-state index contributed by atoms with van der Waals surface area (Å²) in [5.74, 6) is 3.50. The molecule has 13 nitrogen and oxygen atoms in total. The Morgan fingerprint density at radius 2 is 0.703 bits per heavy atom. The van der Waals surface area contributed by atoms with Crippen LogP contribution in [0.2, 0.25) is 0 Å². The normalized spacial score (nSPS) is 13.7. The second-order valence-electron chi connectivity index (χ2n) is 18.9. The molecule has 0 aliphatic heterocycles. The lowest BCUT2D eigenvalue weighted by Crippen LogP contribution is -2.42. The summed E-state index contributed by atoms with van der Waals surface area (Å²) >= 11 is 0. The standard InChI is InChI=1S/C61H75NO12/c1-48(63)61(4,5)73-37-36-60(2,3)74-59(46-68-54-34-22-11-23-35-54)47-72-58(42-67-53-32-20-10-21-33-53)45-71-57(41-66-52-30-18-9-19-31-52)44-70-56(40-65-51-28-16-8-17-29-51)43-69-55(38-62-49-24-12-6-13-25-49)39-64-50-26-14-7-15-27-50/h6-35,55-59,62H,36-47H2,1-5H3. The summed E-state index contributed by atoms with van der Waals surface area (Å²) in [4.78, 5) is 12.2. The topological polar surface area (TPSA) is 131 Å². The van der Waals surface area contributed by atoms with E-state index in [1.807, 2.05) is 196 Å². The van der Waals surface area contributed by atoms with Gasteiger partial charge in [-0.05, 0) is 114 Å². The zero-order chi connectivity index (χ0) is 52.1. The fourth-order valence-electron chi connectivity index (χ4n) is 7.17. The summed E-state index contributed by atoms with van der Waals surface area (Å²) in [6, 6.07) is 58.0. The quantitative estimate of drug-likeness (QED) is 0.0398. The van der Waals surface area contributed by atoms with Gasteiger partial charge in [-0.2, -0.15) is 0 Å². The third-order valence-corrected chi connectivity index (χ3v) is 11.8. The van der Waals surface area contributed by atoms with E-state index >= 15 is 0 Å². The molecule has 1 N–H and O–H groups in total. The molecule has 5 unspecified atom stereocenters. The average molecular weight is 1010 g/mol. The maximum Gasteiger partial charge on any atom is 0.160 e. The highest BCUT2D eigenvalue weighted by Gasteiger charge is 2.30. The van der Waals surface area contributed by atoms with Crippen LogP contribution < -0.4 is 29.0 Å². The molecule has 0 radical (unpaired) electrons. The van der Waals surface area contributed by atoms with E-state index in [2.05, 4.69) is 5.32 Å². The van der Waals surface area contributed by atoms with Crippen molar-refractivity contribution in [1.29, 1.82) is 0 Å². The zero-order valence-corrected chi connectivity index (χ0v) is 43.6. The largest absolute Gasteiger partial charge is 0.491 e. The van der Waals surface area contributed by atoms with Crippen molar-refractivity contribution in [1.82, 2.24) is 0 Å². The fraction of sp³-hybridized carbons (Fsp3) is 0.393. The highest BCUT2D eigenvalue weighted by atomic mass is 16.6. The monoisotopic (exact) mass is 1010 g/mol. The minimum atomic E-state index is -0.901. The van der Waals surface area contributed by atoms with Crippen LogP contribution in [0.3, 0.4) is 0 Å². The summed E-state index contributed by atoms with van der Waals surface area (Å²) in [5, 5.41) is 3.49. The summed E-state index contributed by atoms with van der Waals surface area (Å²) in [5.41, 5.74) is -0.593. The minimum absolute atomic E-state index is 0.0437. The number of nitrogens with one attached hydrogen (secondary N) is 1. The number of carbonyl (C=O) groups excluding carboxylic acids is 1. The number of carbonyl (C=O) groups is 1. The van der Waals surface area contributed by atoms with Crippen molar-refractivity contribution >= 4 is 11.5 Å². The molecule has 396 valence electrons. The van der Waals surface area contributed by atoms with E-state index in [0.29, 0.717) is 49.2 Å². The van der Waals surface area contributed by atoms with Crippen molar-refractivity contribution in [3.05, 3.63) is 182 Å². The van der Waals surface area contributed by atoms with Crippen LogP contribution >= 0.6 is 0 Å². The molecule has 5 atom stereocenters. The SMILES string of the molecule is CC(=O)C(C)(C)OCCC(C)(C)OC(COc1ccccc1)COC(COc1ccccc1)COC(COc1ccccc1)COC(COc1ccccc1)COC(CNc1ccccc1)COc1ccccc1. The van der Waals surface area contributed by atoms with Crippen molar-refractivity contribution in [3.8, 4) is 28.7 Å². The lowest BCUT2D eigenvalue weighted by atomic mass is 10.0. The Kier molecular flexibility index (Phi) is 24.1. The van der Waals surface area contributed by atoms with Crippen molar-refractivity contribution in [2.45, 2.75) is 82.8 Å². The van der Waals surface area contributed by atoms with Crippen LogP contribution in [0.25, 0.3) is 0 Å². The first kappa shape index (κ1) is 56.8. The molecule has 0 heterocycles. The van der Waals surface area contributed by atoms with Crippen LogP contribution in [0.5, 0.6) is 28.7 Å². The van der Waals surface area contributed by atoms with Crippen LogP contribution in [0.15, 0.2) is 182 Å². The van der Waals surface area contributed by atoms with E-state index in [9.17, 15) is 4.79 Å². The molecular formula is C61H75NO12. The predicted octanol–water partition coefficient (Wildman–Crippen LogP) is 11.0. The summed E-state index contributed by atoms with van der Waals surface area (Å²) in [6.07, 6.45) is -2.00. The average Bonchev–Trinajstić information content (AvgIpc) is 3.42. The maximum absolute atomic E-state index is 12.2. The predicted molar refractivity (Wildman–Crippen MR) is 288 cm³/mol. The smallest absolute Gasteiger partial charge is 0.160 e. The second-order valence-corrected chi connectivity index (χ2v) is 18.9. The van der Waals surface area contributed by atoms with Gasteiger partial charge in [0.2, 0.25) is 0 Å². The van der Waals surface area contributed by atoms with Gasteiger partial charge in [-0.25, -0.2) is 0 Å². The number of rotatable bonds is 37. The van der Waals surface area contributed by atoms with Gasteiger partial charge in [-0.3, -0.25) is 4.79 Å². The molecule has 0 saturated carbocycles. The molecule has 0 aromatic heterocycles. The number of ketones is 1. The molecule has 6 rings (SSSR count). The molecule has 6 aromatic carbocycles. The van der Waals surface area contributed by atoms with E-state index in [-0.39, 0.29) is 64.7 Å². The molecule has 0 aliphatic rings. The molecule has 0 amide bonds. The Balaban J connectivity index is 1.17. The van der Waals surface area contributed by atoms with Gasteiger partial charge in [-0.1, -0.05) is 109 Å². The third-order valence-electron chi connectivity index (χ3n) is 11.8. The lowest BCUT2D eigenvalue weighted by Gasteiger charge is -2.33. The van der Waals surface area contributed by atoms with Gasteiger partial charge in [0.05, 0.1) is 38.6 Å². The summed E-state index contributed by atoms with van der Waals surface area (Å²) in [6.45, 7) is 11.5. The van der Waals surface area contributed by atoms with E-state index in [0.717, 1.165) is 11.4 Å². The van der Waals surface area contributed by atoms with Crippen molar-refractivity contribution < 1.29 is 56.9 Å². The Morgan fingerprint density at radius 1 is 0.405 bits per heavy atom. The number of benzene rings is 6. The van der Waals surface area contributed by atoms with Crippen LogP contribution in [-0.2, 0) is 33.2 Å². The lowest BCUT2D eigenvalue weighted by molar-refractivity contribution is -0.157. The van der Waals surface area contributed by atoms with Gasteiger partial charge in [-0.15, -0.1) is 0 Å². The number of Topliss-reactive ketones (excluding diaryl/α,β-unsaturated/α-hetero) is 1. The second kappa shape index (κ2) is 31.3. The molecule has 74 heavy (non-hydrogen) atoms. The van der Waals surface area contributed by atoms with Gasteiger partial charge in [0.15, 0.2) is 5.78 Å². The zero-order valence-electron chi connectivity index (χ0n) is 43.6. The van der Waals surface area contributed by atoms with E-state index < -0.39 is 35.6 Å². The Bertz CT molecular complexity index is 2340. The Morgan fingerprint density at radius 3 is 1.05 bits per heavy atom. The van der Waals surface area contributed by atoms with Crippen LogP contribution in [0.4, 0.5) is 5.69 Å². The van der Waals surface area contributed by atoms with Crippen LogP contribution in [-0.4, -0.2) is 120 Å². The van der Waals surface area contributed by atoms with Gasteiger partial charge >= 0.3 is 0 Å². The molecule has 0 fully saturated rings. The first-order valence-corrected chi connectivity index (χ1v) is 25.5. The van der Waals surface area contributed by atoms with E-state index in [4.69, 9.17) is 52.1 Å². The van der Waals surface area contributed by atoms with Crippen molar-refractivity contribution in [2.24, 2.45) is 0 Å². The Labute approximate surface area is 438 Å². The summed E-state index contributed by atoms with van der Waals surface area (Å²) in [7, 11) is 0. The fourth-order valence-corrected chi connectivity index (χ4v) is 7.17. The first-order valence-electron chi connectivity index (χ1n) is 25.5. The molecule has 6 aromatic rings. The van der Waals surface area contributed by atoms with E-state index in [1.54, 1.807) is 13.8 Å². The van der Waals surface area contributed by atoms with Gasteiger partial charge in [0, 0.05) is 12.2 Å². The highest BCUT2D eigenvalue weighted by Crippen LogP contribution is 2.23. The number of ether oxygens (including phenoxy) is 11. The van der Waals surface area contributed by atoms with Gasteiger partial charge < -0.3 is 57.4 Å².